The summed E-state index contributed by atoms with van der Waals surface area (Å²) in [6.07, 6.45) is 0. The summed E-state index contributed by atoms with van der Waals surface area (Å²) in [5.41, 5.74) is 8.88. The molecule has 0 radical (unpaired) electrons. The second-order valence-corrected chi connectivity index (χ2v) is 6.28. The Bertz CT molecular complexity index is 1030. The van der Waals surface area contributed by atoms with E-state index in [0.717, 1.165) is 33.2 Å². The molecule has 0 aliphatic carbocycles. The number of halogens is 1. The first kappa shape index (κ1) is 16.5. The van der Waals surface area contributed by atoms with Gasteiger partial charge in [-0.25, -0.2) is 5.10 Å². The first-order valence-corrected chi connectivity index (χ1v) is 8.49. The Morgan fingerprint density at radius 3 is 2.62 bits per heavy atom. The predicted molar refractivity (Wildman–Crippen MR) is 101 cm³/mol. The number of aromatic nitrogens is 4. The lowest BCUT2D eigenvalue weighted by molar-refractivity contribution is 0.297. The van der Waals surface area contributed by atoms with E-state index in [1.54, 1.807) is 0 Å². The van der Waals surface area contributed by atoms with E-state index in [4.69, 9.17) is 22.1 Å². The fourth-order valence-electron chi connectivity index (χ4n) is 2.91. The van der Waals surface area contributed by atoms with E-state index in [0.29, 0.717) is 17.4 Å². The van der Waals surface area contributed by atoms with Gasteiger partial charge in [-0.15, -0.1) is 5.10 Å². The molecule has 3 aromatic carbocycles. The SMILES string of the molecule is NCc1ccc2c(-c3ccc(Cl)cc3)c(OCc3nnn[nH]3)ccc2c1. The highest BCUT2D eigenvalue weighted by atomic mass is 35.5. The van der Waals surface area contributed by atoms with Crippen LogP contribution in [-0.2, 0) is 13.2 Å². The average Bonchev–Trinajstić information content (AvgIpc) is 3.20. The van der Waals surface area contributed by atoms with Gasteiger partial charge in [-0.3, -0.25) is 0 Å². The minimum Gasteiger partial charge on any atom is -0.485 e. The molecule has 26 heavy (non-hydrogen) atoms. The summed E-state index contributed by atoms with van der Waals surface area (Å²) in [5, 5.41) is 16.6. The number of hydrogen-bond acceptors (Lipinski definition) is 5. The van der Waals surface area contributed by atoms with Crippen molar-refractivity contribution in [3.8, 4) is 16.9 Å². The molecule has 0 spiro atoms. The van der Waals surface area contributed by atoms with Crippen molar-refractivity contribution < 1.29 is 4.74 Å². The van der Waals surface area contributed by atoms with Gasteiger partial charge in [-0.2, -0.15) is 0 Å². The molecule has 0 unspecified atom stereocenters. The van der Waals surface area contributed by atoms with Crippen molar-refractivity contribution in [2.24, 2.45) is 5.73 Å². The number of ether oxygens (including phenoxy) is 1. The van der Waals surface area contributed by atoms with E-state index in [9.17, 15) is 0 Å². The molecule has 0 amide bonds. The second kappa shape index (κ2) is 7.11. The molecule has 1 aromatic heterocycles. The van der Waals surface area contributed by atoms with E-state index in [2.05, 4.69) is 32.8 Å². The summed E-state index contributed by atoms with van der Waals surface area (Å²) >= 11 is 6.05. The molecular formula is C19H16ClN5O. The van der Waals surface area contributed by atoms with Crippen molar-refractivity contribution in [1.82, 2.24) is 20.6 Å². The van der Waals surface area contributed by atoms with Crippen LogP contribution < -0.4 is 10.5 Å². The van der Waals surface area contributed by atoms with Gasteiger partial charge in [0.25, 0.3) is 0 Å². The van der Waals surface area contributed by atoms with E-state index in [-0.39, 0.29) is 6.61 Å². The van der Waals surface area contributed by atoms with Gasteiger partial charge >= 0.3 is 0 Å². The molecule has 4 aromatic rings. The first-order valence-electron chi connectivity index (χ1n) is 8.11. The van der Waals surface area contributed by atoms with Crippen LogP contribution in [0.5, 0.6) is 5.75 Å². The molecule has 6 nitrogen and oxygen atoms in total. The molecule has 0 atom stereocenters. The molecule has 130 valence electrons. The van der Waals surface area contributed by atoms with Gasteiger partial charge < -0.3 is 10.5 Å². The highest BCUT2D eigenvalue weighted by Crippen LogP contribution is 2.38. The Morgan fingerprint density at radius 2 is 1.88 bits per heavy atom. The monoisotopic (exact) mass is 365 g/mol. The Balaban J connectivity index is 1.84. The van der Waals surface area contributed by atoms with Gasteiger partial charge in [0.1, 0.15) is 12.4 Å². The average molecular weight is 366 g/mol. The molecule has 0 saturated carbocycles. The lowest BCUT2D eigenvalue weighted by atomic mass is 9.96. The fraction of sp³-hybridized carbons (Fsp3) is 0.105. The van der Waals surface area contributed by atoms with Gasteiger partial charge in [0.05, 0.1) is 0 Å². The summed E-state index contributed by atoms with van der Waals surface area (Å²) < 4.78 is 6.00. The van der Waals surface area contributed by atoms with Crippen LogP contribution in [0.4, 0.5) is 0 Å². The van der Waals surface area contributed by atoms with Crippen LogP contribution in [-0.4, -0.2) is 20.6 Å². The van der Waals surface area contributed by atoms with Gasteiger partial charge in [0, 0.05) is 17.1 Å². The largest absolute Gasteiger partial charge is 0.485 e. The number of benzene rings is 3. The van der Waals surface area contributed by atoms with Crippen LogP contribution in [0.3, 0.4) is 0 Å². The van der Waals surface area contributed by atoms with E-state index >= 15 is 0 Å². The maximum absolute atomic E-state index is 6.05. The molecule has 3 N–H and O–H groups in total. The van der Waals surface area contributed by atoms with E-state index in [1.165, 1.54) is 0 Å². The van der Waals surface area contributed by atoms with Crippen LogP contribution in [0, 0.1) is 0 Å². The third-order valence-electron chi connectivity index (χ3n) is 4.17. The smallest absolute Gasteiger partial charge is 0.186 e. The molecule has 0 aliphatic heterocycles. The number of fused-ring (bicyclic) bond motifs is 1. The number of H-pyrrole nitrogens is 1. The van der Waals surface area contributed by atoms with Crippen molar-refractivity contribution in [1.29, 1.82) is 0 Å². The lowest BCUT2D eigenvalue weighted by Gasteiger charge is -2.15. The number of rotatable bonds is 5. The van der Waals surface area contributed by atoms with Crippen molar-refractivity contribution in [2.45, 2.75) is 13.2 Å². The number of tetrazole rings is 1. The van der Waals surface area contributed by atoms with Crippen molar-refractivity contribution in [3.05, 3.63) is 71.0 Å². The van der Waals surface area contributed by atoms with Crippen molar-refractivity contribution in [3.63, 3.8) is 0 Å². The van der Waals surface area contributed by atoms with Gasteiger partial charge in [0.15, 0.2) is 5.82 Å². The maximum Gasteiger partial charge on any atom is 0.186 e. The topological polar surface area (TPSA) is 89.7 Å². The number of nitrogens with zero attached hydrogens (tertiary/aromatic N) is 3. The Kier molecular flexibility index (Phi) is 4.51. The standard InChI is InChI=1S/C19H16ClN5O/c20-15-5-2-13(3-6-15)19-16-7-1-12(10-21)9-14(16)4-8-17(19)26-11-18-22-24-25-23-18/h1-9H,10-11,21H2,(H,22,23,24,25). The zero-order chi connectivity index (χ0) is 17.9. The molecule has 0 bridgehead atoms. The number of aromatic amines is 1. The third kappa shape index (κ3) is 3.24. The van der Waals surface area contributed by atoms with Gasteiger partial charge in [-0.05, 0) is 56.6 Å². The van der Waals surface area contributed by atoms with Crippen LogP contribution in [0.25, 0.3) is 21.9 Å². The highest BCUT2D eigenvalue weighted by molar-refractivity contribution is 6.30. The zero-order valence-corrected chi connectivity index (χ0v) is 14.6. The minimum atomic E-state index is 0.250. The fourth-order valence-corrected chi connectivity index (χ4v) is 3.03. The number of nitrogens with two attached hydrogens (primary N) is 1. The van der Waals surface area contributed by atoms with Crippen LogP contribution >= 0.6 is 11.6 Å². The van der Waals surface area contributed by atoms with Crippen molar-refractivity contribution in [2.75, 3.05) is 0 Å². The van der Waals surface area contributed by atoms with Gasteiger partial charge in [0.2, 0.25) is 0 Å². The van der Waals surface area contributed by atoms with Gasteiger partial charge in [-0.1, -0.05) is 41.9 Å². The van der Waals surface area contributed by atoms with E-state index in [1.807, 2.05) is 42.5 Å². The Labute approximate surface area is 154 Å². The lowest BCUT2D eigenvalue weighted by Crippen LogP contribution is -2.00. The molecule has 7 heteroatoms. The molecule has 1 heterocycles. The normalized spacial score (nSPS) is 11.0. The highest BCUT2D eigenvalue weighted by Gasteiger charge is 2.13. The summed E-state index contributed by atoms with van der Waals surface area (Å²) in [5.74, 6) is 1.31. The quantitative estimate of drug-likeness (QED) is 0.562. The Hall–Kier alpha value is -2.96. The third-order valence-corrected chi connectivity index (χ3v) is 4.42. The summed E-state index contributed by atoms with van der Waals surface area (Å²) in [6, 6.07) is 17.9. The minimum absolute atomic E-state index is 0.250. The first-order chi connectivity index (χ1) is 12.7. The summed E-state index contributed by atoms with van der Waals surface area (Å²) in [7, 11) is 0. The van der Waals surface area contributed by atoms with E-state index < -0.39 is 0 Å². The molecule has 0 fully saturated rings. The molecule has 4 rings (SSSR count). The Morgan fingerprint density at radius 1 is 1.04 bits per heavy atom. The zero-order valence-electron chi connectivity index (χ0n) is 13.8. The molecule has 0 aliphatic rings. The summed E-state index contributed by atoms with van der Waals surface area (Å²) in [6.45, 7) is 0.753. The number of nitrogens with one attached hydrogen (secondary N) is 1. The predicted octanol–water partition coefficient (Wildman–Crippen LogP) is 3.71. The van der Waals surface area contributed by atoms with Crippen LogP contribution in [0.2, 0.25) is 5.02 Å². The van der Waals surface area contributed by atoms with Crippen LogP contribution in [0.15, 0.2) is 54.6 Å². The summed E-state index contributed by atoms with van der Waals surface area (Å²) in [4.78, 5) is 0. The maximum atomic E-state index is 6.05. The van der Waals surface area contributed by atoms with Crippen LogP contribution in [0.1, 0.15) is 11.4 Å². The molecule has 0 saturated heterocycles. The second-order valence-electron chi connectivity index (χ2n) is 5.84. The number of hydrogen-bond donors (Lipinski definition) is 2. The van der Waals surface area contributed by atoms with Crippen molar-refractivity contribution >= 4 is 22.4 Å². The molecular weight excluding hydrogens is 350 g/mol.